The highest BCUT2D eigenvalue weighted by Gasteiger charge is 2.17. The molecule has 0 aliphatic heterocycles. The van der Waals surface area contributed by atoms with E-state index in [0.29, 0.717) is 4.47 Å². The summed E-state index contributed by atoms with van der Waals surface area (Å²) < 4.78 is 18.9. The van der Waals surface area contributed by atoms with Crippen LogP contribution in [0.3, 0.4) is 0 Å². The molecule has 0 aliphatic rings. The van der Waals surface area contributed by atoms with Gasteiger partial charge in [-0.2, -0.15) is 4.98 Å². The first-order valence-electron chi connectivity index (χ1n) is 5.35. The van der Waals surface area contributed by atoms with E-state index in [0.717, 1.165) is 0 Å². The van der Waals surface area contributed by atoms with E-state index < -0.39 is 11.7 Å². The summed E-state index contributed by atoms with van der Waals surface area (Å²) in [6.45, 7) is 0. The minimum Gasteiger partial charge on any atom is -0.481 e. The third-order valence-corrected chi connectivity index (χ3v) is 3.15. The number of nitrogens with one attached hydrogen (secondary N) is 1. The molecule has 8 heteroatoms. The van der Waals surface area contributed by atoms with Gasteiger partial charge in [-0.1, -0.05) is 17.7 Å². The van der Waals surface area contributed by atoms with Crippen molar-refractivity contribution in [1.82, 2.24) is 9.97 Å². The molecule has 1 heterocycles. The second kappa shape index (κ2) is 6.15. The number of methoxy groups -OCH3 is 1. The van der Waals surface area contributed by atoms with Crippen molar-refractivity contribution in [1.29, 1.82) is 0 Å². The van der Waals surface area contributed by atoms with Gasteiger partial charge in [0.25, 0.3) is 5.91 Å². The van der Waals surface area contributed by atoms with Crippen LogP contribution in [-0.4, -0.2) is 23.0 Å². The average molecular weight is 361 g/mol. The van der Waals surface area contributed by atoms with E-state index in [9.17, 15) is 9.18 Å². The van der Waals surface area contributed by atoms with E-state index in [4.69, 9.17) is 16.3 Å². The smallest absolute Gasteiger partial charge is 0.262 e. The van der Waals surface area contributed by atoms with Crippen molar-refractivity contribution in [2.75, 3.05) is 12.4 Å². The Balaban J connectivity index is 2.30. The van der Waals surface area contributed by atoms with Gasteiger partial charge in [-0.25, -0.2) is 9.37 Å². The third-order valence-electron chi connectivity index (χ3n) is 2.30. The Hall–Kier alpha value is -1.73. The molecule has 5 nitrogen and oxygen atoms in total. The van der Waals surface area contributed by atoms with Crippen molar-refractivity contribution in [3.8, 4) is 5.88 Å². The molecule has 0 saturated carbocycles. The van der Waals surface area contributed by atoms with Crippen molar-refractivity contribution in [3.63, 3.8) is 0 Å². The maximum atomic E-state index is 13.6. The van der Waals surface area contributed by atoms with Crippen molar-refractivity contribution >= 4 is 39.4 Å². The largest absolute Gasteiger partial charge is 0.481 e. The van der Waals surface area contributed by atoms with Crippen LogP contribution in [0.1, 0.15) is 10.4 Å². The minimum atomic E-state index is -0.695. The van der Waals surface area contributed by atoms with E-state index in [-0.39, 0.29) is 22.5 Å². The summed E-state index contributed by atoms with van der Waals surface area (Å²) in [4.78, 5) is 19.7. The van der Waals surface area contributed by atoms with Gasteiger partial charge in [0, 0.05) is 10.5 Å². The van der Waals surface area contributed by atoms with Gasteiger partial charge in [-0.3, -0.25) is 10.1 Å². The number of carbonyl (C=O) groups is 1. The number of nitrogens with zero attached hydrogens (tertiary/aromatic N) is 2. The number of benzene rings is 1. The summed E-state index contributed by atoms with van der Waals surface area (Å²) in [6, 6.07) is 5.60. The quantitative estimate of drug-likeness (QED) is 0.853. The fraction of sp³-hybridized carbons (Fsp3) is 0.0833. The Bertz CT molecular complexity index is 649. The predicted octanol–water partition coefficient (Wildman–Crippen LogP) is 3.29. The Morgan fingerprint density at radius 1 is 1.45 bits per heavy atom. The predicted molar refractivity (Wildman–Crippen MR) is 75.6 cm³/mol. The summed E-state index contributed by atoms with van der Waals surface area (Å²) in [5.41, 5.74) is -0.143. The number of aromatic nitrogens is 2. The van der Waals surface area contributed by atoms with Gasteiger partial charge < -0.3 is 4.74 Å². The van der Waals surface area contributed by atoms with Gasteiger partial charge in [0.15, 0.2) is 0 Å². The number of halogens is 3. The minimum absolute atomic E-state index is 0.0745. The molecule has 0 saturated heterocycles. The molecule has 1 amide bonds. The number of ether oxygens (including phenoxy) is 1. The third kappa shape index (κ3) is 3.23. The first kappa shape index (κ1) is 14.7. The second-order valence-corrected chi connectivity index (χ2v) is 4.85. The van der Waals surface area contributed by atoms with Gasteiger partial charge in [-0.05, 0) is 28.1 Å². The molecule has 2 aromatic rings. The van der Waals surface area contributed by atoms with Crippen LogP contribution >= 0.6 is 27.5 Å². The molecule has 104 valence electrons. The van der Waals surface area contributed by atoms with Crippen LogP contribution in [0.4, 0.5) is 10.3 Å². The van der Waals surface area contributed by atoms with E-state index in [1.807, 2.05) is 0 Å². The van der Waals surface area contributed by atoms with Crippen molar-refractivity contribution < 1.29 is 13.9 Å². The van der Waals surface area contributed by atoms with Gasteiger partial charge in [0.2, 0.25) is 11.8 Å². The van der Waals surface area contributed by atoms with Crippen molar-refractivity contribution in [2.24, 2.45) is 0 Å². The summed E-state index contributed by atoms with van der Waals surface area (Å²) in [6.07, 6.45) is 0. The molecule has 0 unspecified atom stereocenters. The zero-order valence-electron chi connectivity index (χ0n) is 10.2. The maximum Gasteiger partial charge on any atom is 0.262 e. The second-order valence-electron chi connectivity index (χ2n) is 3.61. The lowest BCUT2D eigenvalue weighted by molar-refractivity contribution is 0.102. The monoisotopic (exact) mass is 359 g/mol. The lowest BCUT2D eigenvalue weighted by Gasteiger charge is -2.07. The molecule has 2 rings (SSSR count). The van der Waals surface area contributed by atoms with Crippen molar-refractivity contribution in [3.05, 3.63) is 45.3 Å². The van der Waals surface area contributed by atoms with Crippen LogP contribution in [0.2, 0.25) is 5.15 Å². The Morgan fingerprint density at radius 3 is 2.85 bits per heavy atom. The molecule has 1 N–H and O–H groups in total. The maximum absolute atomic E-state index is 13.6. The van der Waals surface area contributed by atoms with Crippen LogP contribution in [0.5, 0.6) is 5.88 Å². The molecule has 0 aliphatic carbocycles. The van der Waals surface area contributed by atoms with Crippen LogP contribution < -0.4 is 10.1 Å². The Labute approximate surface area is 127 Å². The average Bonchev–Trinajstić information content (AvgIpc) is 2.37. The highest BCUT2D eigenvalue weighted by Crippen LogP contribution is 2.21. The Kier molecular flexibility index (Phi) is 4.51. The van der Waals surface area contributed by atoms with Gasteiger partial charge >= 0.3 is 0 Å². The standard InChI is InChI=1S/C12H8BrClFN3O2/c1-20-9-5-8(14)16-12(17-9)18-11(19)10-6(13)3-2-4-7(10)15/h2-5H,1H3,(H,16,17,18,19). The molecule has 0 fully saturated rings. The fourth-order valence-electron chi connectivity index (χ4n) is 1.44. The van der Waals surface area contributed by atoms with E-state index >= 15 is 0 Å². The highest BCUT2D eigenvalue weighted by molar-refractivity contribution is 9.10. The number of rotatable bonds is 3. The lowest BCUT2D eigenvalue weighted by Crippen LogP contribution is -2.16. The normalized spacial score (nSPS) is 10.2. The summed E-state index contributed by atoms with van der Waals surface area (Å²) in [5.74, 6) is -1.24. The first-order valence-corrected chi connectivity index (χ1v) is 6.52. The molecule has 1 aromatic heterocycles. The van der Waals surface area contributed by atoms with Gasteiger partial charge in [0.05, 0.1) is 12.7 Å². The molecular weight excluding hydrogens is 353 g/mol. The van der Waals surface area contributed by atoms with Gasteiger partial charge in [-0.15, -0.1) is 0 Å². The molecule has 0 atom stereocenters. The van der Waals surface area contributed by atoms with E-state index in [1.165, 1.54) is 25.3 Å². The Morgan fingerprint density at radius 2 is 2.20 bits per heavy atom. The topological polar surface area (TPSA) is 64.1 Å². The summed E-state index contributed by atoms with van der Waals surface area (Å²) in [5, 5.41) is 2.46. The number of anilines is 1. The molecule has 1 aromatic carbocycles. The fourth-order valence-corrected chi connectivity index (χ4v) is 2.13. The van der Waals surface area contributed by atoms with Crippen molar-refractivity contribution in [2.45, 2.75) is 0 Å². The summed E-state index contributed by atoms with van der Waals surface area (Å²) >= 11 is 8.87. The van der Waals surface area contributed by atoms with Crippen LogP contribution in [0.15, 0.2) is 28.7 Å². The van der Waals surface area contributed by atoms with E-state index in [2.05, 4.69) is 31.2 Å². The highest BCUT2D eigenvalue weighted by atomic mass is 79.9. The van der Waals surface area contributed by atoms with Crippen LogP contribution in [0.25, 0.3) is 0 Å². The zero-order valence-corrected chi connectivity index (χ0v) is 12.5. The lowest BCUT2D eigenvalue weighted by atomic mass is 10.2. The molecule has 0 bridgehead atoms. The number of carbonyl (C=O) groups excluding carboxylic acids is 1. The van der Waals surface area contributed by atoms with Gasteiger partial charge in [0.1, 0.15) is 11.0 Å². The number of hydrogen-bond donors (Lipinski definition) is 1. The van der Waals surface area contributed by atoms with Crippen LogP contribution in [-0.2, 0) is 0 Å². The van der Waals surface area contributed by atoms with Crippen LogP contribution in [0, 0.1) is 5.82 Å². The molecule has 0 spiro atoms. The molecular formula is C12H8BrClFN3O2. The zero-order chi connectivity index (χ0) is 14.7. The molecule has 0 radical (unpaired) electrons. The first-order chi connectivity index (χ1) is 9.51. The SMILES string of the molecule is COc1cc(Cl)nc(NC(=O)c2c(F)cccc2Br)n1. The molecule has 20 heavy (non-hydrogen) atoms. The summed E-state index contributed by atoms with van der Waals surface area (Å²) in [7, 11) is 1.40. The number of hydrogen-bond acceptors (Lipinski definition) is 4. The van der Waals surface area contributed by atoms with E-state index in [1.54, 1.807) is 6.07 Å². The number of amides is 1.